The third-order valence-corrected chi connectivity index (χ3v) is 8.11. The fraction of sp³-hybridized carbons (Fsp3) is 0.200. The van der Waals surface area contributed by atoms with Crippen LogP contribution in [0, 0.1) is 0 Å². The van der Waals surface area contributed by atoms with Crippen LogP contribution >= 0.6 is 11.3 Å². The standard InChI is InChI=1S/C30H27N5O4S/c1-2-24(36)34-15-7-9-20(17-34)32-28(37)27-26-25-23(13-14-31-29(25)40-27)35(30(38)33-26)21-10-6-8-19(16-21)18-39-22-11-4-3-5-12-22/h2-6,8,10-14,16,20H,1,7,9,15,17-18H2,(H,32,37)(H,33,38). The lowest BCUT2D eigenvalue weighted by Gasteiger charge is -2.32. The zero-order valence-corrected chi connectivity index (χ0v) is 22.4. The number of benzene rings is 2. The van der Waals surface area contributed by atoms with Crippen LogP contribution < -0.4 is 20.3 Å². The summed E-state index contributed by atoms with van der Waals surface area (Å²) in [5.41, 5.74) is 2.70. The Hall–Kier alpha value is -4.70. The average molecular weight is 554 g/mol. The molecule has 2 aliphatic rings. The van der Waals surface area contributed by atoms with Crippen molar-refractivity contribution in [3.63, 3.8) is 0 Å². The molecule has 2 N–H and O–H groups in total. The van der Waals surface area contributed by atoms with Crippen LogP contribution in [0.5, 0.6) is 5.75 Å². The maximum atomic E-state index is 13.5. The number of rotatable bonds is 7. The van der Waals surface area contributed by atoms with Gasteiger partial charge in [0.1, 0.15) is 22.1 Å². The van der Waals surface area contributed by atoms with Gasteiger partial charge in [0.15, 0.2) is 0 Å². The first-order chi connectivity index (χ1) is 19.5. The van der Waals surface area contributed by atoms with Crippen molar-refractivity contribution in [2.24, 2.45) is 0 Å². The topological polar surface area (TPSA) is 104 Å². The van der Waals surface area contributed by atoms with Crippen LogP contribution in [0.4, 0.5) is 21.9 Å². The van der Waals surface area contributed by atoms with Crippen molar-refractivity contribution in [2.75, 3.05) is 23.3 Å². The van der Waals surface area contributed by atoms with Crippen molar-refractivity contribution in [3.8, 4) is 5.75 Å². The molecule has 6 rings (SSSR count). The van der Waals surface area contributed by atoms with E-state index in [4.69, 9.17) is 4.74 Å². The number of piperidine rings is 1. The smallest absolute Gasteiger partial charge is 0.331 e. The van der Waals surface area contributed by atoms with E-state index in [1.807, 2.05) is 54.6 Å². The third kappa shape index (κ3) is 4.89. The molecule has 4 amide bonds. The molecule has 0 bridgehead atoms. The van der Waals surface area contributed by atoms with E-state index in [0.29, 0.717) is 46.5 Å². The van der Waals surface area contributed by atoms with Gasteiger partial charge in [-0.1, -0.05) is 36.9 Å². The fourth-order valence-corrected chi connectivity index (χ4v) is 6.17. The van der Waals surface area contributed by atoms with Gasteiger partial charge in [-0.15, -0.1) is 11.3 Å². The highest BCUT2D eigenvalue weighted by Gasteiger charge is 2.33. The molecule has 1 fully saturated rings. The molecule has 1 saturated heterocycles. The van der Waals surface area contributed by atoms with Crippen LogP contribution in [0.15, 0.2) is 79.5 Å². The van der Waals surface area contributed by atoms with E-state index < -0.39 is 0 Å². The van der Waals surface area contributed by atoms with Crippen molar-refractivity contribution >= 4 is 56.5 Å². The SMILES string of the molecule is C=CC(=O)N1CCCC(NC(=O)c2sc3nccc4c3c2NC(=O)N4c2cccc(COc3ccccc3)c2)C1. The lowest BCUT2D eigenvalue weighted by molar-refractivity contribution is -0.127. The molecule has 0 saturated carbocycles. The largest absolute Gasteiger partial charge is 0.489 e. The lowest BCUT2D eigenvalue weighted by atomic mass is 10.1. The number of hydrogen-bond acceptors (Lipinski definition) is 6. The van der Waals surface area contributed by atoms with Gasteiger partial charge in [0.25, 0.3) is 5.91 Å². The van der Waals surface area contributed by atoms with Crippen molar-refractivity contribution in [2.45, 2.75) is 25.5 Å². The maximum absolute atomic E-state index is 13.5. The molecule has 4 aromatic rings. The van der Waals surface area contributed by atoms with Crippen LogP contribution in [0.2, 0.25) is 0 Å². The Morgan fingerprint density at radius 2 is 2.02 bits per heavy atom. The number of aromatic nitrogens is 1. The highest BCUT2D eigenvalue weighted by Crippen LogP contribution is 2.45. The van der Waals surface area contributed by atoms with Crippen LogP contribution in [-0.2, 0) is 11.4 Å². The Kier molecular flexibility index (Phi) is 6.91. The number of nitrogens with one attached hydrogen (secondary N) is 2. The molecular formula is C30H27N5O4S. The van der Waals surface area contributed by atoms with Crippen LogP contribution in [-0.4, -0.2) is 46.9 Å². The highest BCUT2D eigenvalue weighted by atomic mass is 32.1. The molecule has 2 aliphatic heterocycles. The summed E-state index contributed by atoms with van der Waals surface area (Å²) >= 11 is 1.24. The molecule has 202 valence electrons. The van der Waals surface area contributed by atoms with E-state index in [9.17, 15) is 14.4 Å². The Labute approximate surface area is 235 Å². The number of amides is 4. The van der Waals surface area contributed by atoms with Gasteiger partial charge in [-0.2, -0.15) is 0 Å². The summed E-state index contributed by atoms with van der Waals surface area (Å²) < 4.78 is 5.89. The predicted octanol–water partition coefficient (Wildman–Crippen LogP) is 5.47. The fourth-order valence-electron chi connectivity index (χ4n) is 5.14. The number of likely N-dealkylation sites (tertiary alicyclic amines) is 1. The number of carbonyl (C=O) groups excluding carboxylic acids is 3. The normalized spacial score (nSPS) is 16.4. The molecule has 9 nitrogen and oxygen atoms in total. The number of thiophene rings is 1. The molecule has 0 radical (unpaired) electrons. The Morgan fingerprint density at radius 1 is 1.18 bits per heavy atom. The first-order valence-electron chi connectivity index (χ1n) is 13.0. The third-order valence-electron chi connectivity index (χ3n) is 7.01. The second-order valence-electron chi connectivity index (χ2n) is 9.65. The lowest BCUT2D eigenvalue weighted by Crippen LogP contribution is -2.49. The van der Waals surface area contributed by atoms with Crippen molar-refractivity contribution in [1.82, 2.24) is 15.2 Å². The highest BCUT2D eigenvalue weighted by molar-refractivity contribution is 7.21. The predicted molar refractivity (Wildman–Crippen MR) is 155 cm³/mol. The van der Waals surface area contributed by atoms with E-state index in [-0.39, 0.29) is 23.9 Å². The quantitative estimate of drug-likeness (QED) is 0.296. The number of pyridine rings is 1. The molecule has 10 heteroatoms. The maximum Gasteiger partial charge on any atom is 0.331 e. The van der Waals surface area contributed by atoms with Crippen LogP contribution in [0.25, 0.3) is 10.2 Å². The van der Waals surface area contributed by atoms with Gasteiger partial charge in [-0.3, -0.25) is 14.5 Å². The number of urea groups is 1. The first-order valence-corrected chi connectivity index (χ1v) is 13.8. The van der Waals surface area contributed by atoms with Gasteiger partial charge in [-0.05, 0) is 54.8 Å². The summed E-state index contributed by atoms with van der Waals surface area (Å²) in [6.07, 6.45) is 4.49. The summed E-state index contributed by atoms with van der Waals surface area (Å²) in [6, 6.07) is 18.4. The minimum Gasteiger partial charge on any atom is -0.489 e. The van der Waals surface area contributed by atoms with Crippen molar-refractivity contribution < 1.29 is 19.1 Å². The monoisotopic (exact) mass is 553 g/mol. The molecular weight excluding hydrogens is 526 g/mol. The summed E-state index contributed by atoms with van der Waals surface area (Å²) in [5.74, 6) is 0.324. The van der Waals surface area contributed by atoms with Gasteiger partial charge in [0.05, 0.1) is 22.4 Å². The molecule has 1 unspecified atom stereocenters. The Balaban J connectivity index is 1.27. The molecule has 0 aliphatic carbocycles. The van der Waals surface area contributed by atoms with E-state index in [2.05, 4.69) is 22.2 Å². The van der Waals surface area contributed by atoms with Gasteiger partial charge in [0.2, 0.25) is 5.91 Å². The van der Waals surface area contributed by atoms with Gasteiger partial charge in [-0.25, -0.2) is 9.78 Å². The second kappa shape index (κ2) is 10.8. The number of para-hydroxylation sites is 1. The number of anilines is 3. The summed E-state index contributed by atoms with van der Waals surface area (Å²) in [7, 11) is 0. The number of hydrogen-bond donors (Lipinski definition) is 2. The summed E-state index contributed by atoms with van der Waals surface area (Å²) in [4.78, 5) is 47.8. The van der Waals surface area contributed by atoms with E-state index in [0.717, 1.165) is 29.5 Å². The number of carbonyl (C=O) groups is 3. The zero-order valence-electron chi connectivity index (χ0n) is 21.6. The first kappa shape index (κ1) is 25.6. The van der Waals surface area contributed by atoms with Crippen molar-refractivity contribution in [1.29, 1.82) is 0 Å². The number of nitrogens with zero attached hydrogens (tertiary/aromatic N) is 3. The average Bonchev–Trinajstić information content (AvgIpc) is 3.36. The summed E-state index contributed by atoms with van der Waals surface area (Å²) in [5, 5.41) is 6.71. The van der Waals surface area contributed by atoms with E-state index in [1.165, 1.54) is 17.4 Å². The van der Waals surface area contributed by atoms with E-state index >= 15 is 0 Å². The van der Waals surface area contributed by atoms with Gasteiger partial charge < -0.3 is 20.3 Å². The second-order valence-corrected chi connectivity index (χ2v) is 10.7. The van der Waals surface area contributed by atoms with Crippen LogP contribution in [0.1, 0.15) is 28.1 Å². The number of ether oxygens (including phenoxy) is 1. The zero-order chi connectivity index (χ0) is 27.6. The molecule has 2 aromatic carbocycles. The Bertz CT molecular complexity index is 1620. The van der Waals surface area contributed by atoms with E-state index in [1.54, 1.807) is 22.1 Å². The van der Waals surface area contributed by atoms with Gasteiger partial charge in [0, 0.05) is 25.3 Å². The molecule has 40 heavy (non-hydrogen) atoms. The minimum absolute atomic E-state index is 0.146. The Morgan fingerprint density at radius 3 is 2.85 bits per heavy atom. The van der Waals surface area contributed by atoms with Crippen LogP contribution in [0.3, 0.4) is 0 Å². The molecule has 0 spiro atoms. The van der Waals surface area contributed by atoms with Crippen molar-refractivity contribution in [3.05, 3.63) is 90.0 Å². The van der Waals surface area contributed by atoms with Gasteiger partial charge >= 0.3 is 6.03 Å². The summed E-state index contributed by atoms with van der Waals surface area (Å²) in [6.45, 7) is 4.97. The molecule has 4 heterocycles. The minimum atomic E-state index is -0.367. The molecule has 2 aromatic heterocycles. The molecule has 1 atom stereocenters.